The number of rotatable bonds is 7. The van der Waals surface area contributed by atoms with Crippen molar-refractivity contribution < 1.29 is 42.2 Å². The van der Waals surface area contributed by atoms with Gasteiger partial charge in [0.25, 0.3) is 11.8 Å². The molecule has 56 heavy (non-hydrogen) atoms. The maximum Gasteiger partial charge on any atom is 0.417 e. The normalized spacial score (nSPS) is 25.8. The van der Waals surface area contributed by atoms with Crippen molar-refractivity contribution in [2.24, 2.45) is 23.7 Å². The predicted molar refractivity (Wildman–Crippen MR) is 201 cm³/mol. The summed E-state index contributed by atoms with van der Waals surface area (Å²) in [4.78, 5) is 63.7. The number of fused-ring (bicyclic) bond motifs is 4. The molecule has 4 amide bonds. The molecule has 0 radical (unpaired) electrons. The molecular formula is C41H31Cl2F3N4O6. The van der Waals surface area contributed by atoms with E-state index >= 15 is 4.79 Å². The molecule has 2 saturated heterocycles. The number of anilines is 2. The summed E-state index contributed by atoms with van der Waals surface area (Å²) in [5, 5.41) is 11.7. The Hall–Kier alpha value is -5.66. The lowest BCUT2D eigenvalue weighted by Gasteiger charge is -2.50. The van der Waals surface area contributed by atoms with Gasteiger partial charge in [0.15, 0.2) is 17.3 Å². The summed E-state index contributed by atoms with van der Waals surface area (Å²) in [6.07, 6.45) is -0.652. The van der Waals surface area contributed by atoms with Gasteiger partial charge in [-0.1, -0.05) is 77.8 Å². The van der Waals surface area contributed by atoms with Gasteiger partial charge in [0.2, 0.25) is 11.8 Å². The Bertz CT molecular complexity index is 2370. The second-order valence-electron chi connectivity index (χ2n) is 14.2. The highest BCUT2D eigenvalue weighted by Crippen LogP contribution is 2.64. The molecule has 3 heterocycles. The van der Waals surface area contributed by atoms with Crippen molar-refractivity contribution in [3.8, 4) is 11.5 Å². The second-order valence-corrected chi connectivity index (χ2v) is 15.0. The Labute approximate surface area is 328 Å². The average molecular weight is 804 g/mol. The van der Waals surface area contributed by atoms with Crippen molar-refractivity contribution in [1.82, 2.24) is 9.99 Å². The Morgan fingerprint density at radius 3 is 2.30 bits per heavy atom. The van der Waals surface area contributed by atoms with E-state index in [-0.39, 0.29) is 30.2 Å². The number of methoxy groups -OCH3 is 1. The highest BCUT2D eigenvalue weighted by molar-refractivity contribution is 6.33. The van der Waals surface area contributed by atoms with E-state index in [1.807, 2.05) is 6.08 Å². The van der Waals surface area contributed by atoms with E-state index in [4.69, 9.17) is 27.9 Å². The number of halogens is 5. The summed E-state index contributed by atoms with van der Waals surface area (Å²) in [5.74, 6) is -7.52. The topological polar surface area (TPSA) is 129 Å². The number of hydrogen-bond donors (Lipinski definition) is 2. The molecule has 2 aliphatic heterocycles. The van der Waals surface area contributed by atoms with Crippen LogP contribution in [0.2, 0.25) is 10.0 Å². The number of benzene rings is 3. The molecule has 6 unspecified atom stereocenters. The Kier molecular flexibility index (Phi) is 9.00. The first-order chi connectivity index (χ1) is 26.7. The Morgan fingerprint density at radius 1 is 0.964 bits per heavy atom. The lowest BCUT2D eigenvalue weighted by Crippen LogP contribution is -2.53. The highest BCUT2D eigenvalue weighted by atomic mass is 35.5. The summed E-state index contributed by atoms with van der Waals surface area (Å²) >= 11 is 12.6. The number of nitrogens with one attached hydrogen (secondary N) is 1. The lowest BCUT2D eigenvalue weighted by molar-refractivity contribution is -0.139. The summed E-state index contributed by atoms with van der Waals surface area (Å²) in [7, 11) is 1.38. The molecule has 0 bridgehead atoms. The minimum atomic E-state index is -4.76. The van der Waals surface area contributed by atoms with Crippen LogP contribution in [0, 0.1) is 23.7 Å². The lowest BCUT2D eigenvalue weighted by atomic mass is 9.49. The molecule has 3 aromatic carbocycles. The largest absolute Gasteiger partial charge is 0.504 e. The monoisotopic (exact) mass is 802 g/mol. The number of pyridine rings is 1. The number of allylic oxidation sites excluding steroid dienone is 2. The molecule has 0 spiro atoms. The van der Waals surface area contributed by atoms with Gasteiger partial charge in [-0.05, 0) is 77.9 Å². The Balaban J connectivity index is 1.30. The first-order valence-electron chi connectivity index (χ1n) is 17.5. The number of phenols is 1. The molecule has 4 aliphatic rings. The number of hydrazine groups is 1. The number of amides is 4. The number of phenolic OH excluding ortho intramolecular Hbond substituents is 1. The smallest absolute Gasteiger partial charge is 0.417 e. The van der Waals surface area contributed by atoms with Gasteiger partial charge in [0.1, 0.15) is 0 Å². The number of alkyl halides is 3. The second kappa shape index (κ2) is 13.5. The van der Waals surface area contributed by atoms with Gasteiger partial charge in [-0.15, -0.1) is 0 Å². The van der Waals surface area contributed by atoms with Crippen LogP contribution in [-0.2, 0) is 30.8 Å². The molecule has 10 nitrogen and oxygen atoms in total. The third-order valence-corrected chi connectivity index (χ3v) is 12.0. The molecule has 1 aromatic heterocycles. The minimum Gasteiger partial charge on any atom is -0.504 e. The van der Waals surface area contributed by atoms with Crippen molar-refractivity contribution >= 4 is 64.4 Å². The number of ether oxygens (including phenoxy) is 1. The zero-order valence-electron chi connectivity index (χ0n) is 29.4. The third kappa shape index (κ3) is 5.58. The van der Waals surface area contributed by atoms with Crippen molar-refractivity contribution in [2.45, 2.75) is 30.4 Å². The van der Waals surface area contributed by atoms with Crippen LogP contribution in [0.4, 0.5) is 24.7 Å². The number of hydrogen-bond acceptors (Lipinski definition) is 8. The molecule has 2 aliphatic carbocycles. The number of aromatic hydroxyl groups is 1. The third-order valence-electron chi connectivity index (χ3n) is 11.5. The fourth-order valence-corrected chi connectivity index (χ4v) is 9.39. The molecule has 2 N–H and O–H groups in total. The number of imide groups is 2. The van der Waals surface area contributed by atoms with Gasteiger partial charge in [0, 0.05) is 17.1 Å². The molecule has 15 heteroatoms. The van der Waals surface area contributed by atoms with Crippen molar-refractivity contribution in [1.29, 1.82) is 0 Å². The summed E-state index contributed by atoms with van der Waals surface area (Å²) in [6.45, 7) is 3.76. The fourth-order valence-electron chi connectivity index (χ4n) is 9.06. The summed E-state index contributed by atoms with van der Waals surface area (Å²) in [5.41, 5.74) is 2.27. The van der Waals surface area contributed by atoms with Crippen LogP contribution in [0.25, 0.3) is 6.08 Å². The standard InChI is InChI=1S/C41H31Cl2F3N4O6/c1-3-20-4-11-25(12-5-20)49-36(52)27-14-13-26-28(33(27)38(49)54)18-29-37(53)50(48-35-30(43)17-23(19-47-35)41(44,45)46)39(55)40(29,22-7-9-24(42)10-8-22)34(26)21-6-15-32(56-2)31(51)16-21/h3-13,15-17,19,27-29,33-34,51H,1,14,18H2,2H3,(H,47,48). The number of carbonyl (C=O) groups excluding carboxylic acids is 4. The van der Waals surface area contributed by atoms with Gasteiger partial charge in [-0.2, -0.15) is 18.2 Å². The van der Waals surface area contributed by atoms with Gasteiger partial charge in [-0.25, -0.2) is 4.98 Å². The molecule has 6 atom stereocenters. The van der Waals surface area contributed by atoms with E-state index in [0.29, 0.717) is 44.7 Å². The first-order valence-corrected chi connectivity index (χ1v) is 18.3. The SMILES string of the molecule is C=Cc1ccc(N2C(=O)C3CC=C4C(CC5C(=O)N(Nc6ncc(C(F)(F)F)cc6Cl)C(=O)C5(c5ccc(Cl)cc5)C4c4ccc(OC)c(O)c4)C3C2=O)cc1. The van der Waals surface area contributed by atoms with E-state index < -0.39 is 75.4 Å². The fraction of sp³-hybridized carbons (Fsp3) is 0.244. The summed E-state index contributed by atoms with van der Waals surface area (Å²) < 4.78 is 45.8. The Morgan fingerprint density at radius 2 is 1.68 bits per heavy atom. The van der Waals surface area contributed by atoms with Crippen LogP contribution >= 0.6 is 23.2 Å². The highest BCUT2D eigenvalue weighted by Gasteiger charge is 2.70. The van der Waals surface area contributed by atoms with Gasteiger partial charge in [-0.3, -0.25) is 29.5 Å². The van der Waals surface area contributed by atoms with Crippen LogP contribution in [0.15, 0.2) is 97.2 Å². The van der Waals surface area contributed by atoms with E-state index in [0.717, 1.165) is 5.56 Å². The minimum absolute atomic E-state index is 0.0621. The molecule has 3 fully saturated rings. The molecule has 286 valence electrons. The van der Waals surface area contributed by atoms with Crippen LogP contribution in [-0.4, -0.2) is 45.8 Å². The zero-order chi connectivity index (χ0) is 39.8. The molecule has 1 saturated carbocycles. The molecule has 8 rings (SSSR count). The van der Waals surface area contributed by atoms with E-state index in [9.17, 15) is 32.7 Å². The number of aromatic nitrogens is 1. The van der Waals surface area contributed by atoms with Crippen LogP contribution in [0.5, 0.6) is 11.5 Å². The average Bonchev–Trinajstić information content (AvgIpc) is 3.56. The van der Waals surface area contributed by atoms with E-state index in [1.54, 1.807) is 60.7 Å². The number of carbonyl (C=O) groups is 4. The van der Waals surface area contributed by atoms with Crippen molar-refractivity contribution in [3.63, 3.8) is 0 Å². The maximum atomic E-state index is 15.3. The van der Waals surface area contributed by atoms with E-state index in [2.05, 4.69) is 17.0 Å². The van der Waals surface area contributed by atoms with Gasteiger partial charge < -0.3 is 9.84 Å². The quantitative estimate of drug-likeness (QED) is 0.142. The molecular weight excluding hydrogens is 772 g/mol. The van der Waals surface area contributed by atoms with Crippen molar-refractivity contribution in [3.05, 3.63) is 130 Å². The van der Waals surface area contributed by atoms with Crippen LogP contribution in [0.1, 0.15) is 41.0 Å². The first kappa shape index (κ1) is 37.3. The summed E-state index contributed by atoms with van der Waals surface area (Å²) in [6, 6.07) is 18.4. The maximum absolute atomic E-state index is 15.3. The van der Waals surface area contributed by atoms with Crippen LogP contribution < -0.4 is 15.1 Å². The van der Waals surface area contributed by atoms with Crippen LogP contribution in [0.3, 0.4) is 0 Å². The zero-order valence-corrected chi connectivity index (χ0v) is 30.9. The van der Waals surface area contributed by atoms with Gasteiger partial charge in [0.05, 0.1) is 46.6 Å². The van der Waals surface area contributed by atoms with Crippen molar-refractivity contribution in [2.75, 3.05) is 17.4 Å². The van der Waals surface area contributed by atoms with Gasteiger partial charge >= 0.3 is 6.18 Å². The van der Waals surface area contributed by atoms with E-state index in [1.165, 1.54) is 24.1 Å². The predicted octanol–water partition coefficient (Wildman–Crippen LogP) is 7.95. The number of nitrogens with zero attached hydrogens (tertiary/aromatic N) is 3. The molecule has 4 aromatic rings.